The molecule has 1 fully saturated rings. The molecule has 106 valence electrons. The molecule has 2 aromatic rings. The lowest BCUT2D eigenvalue weighted by atomic mass is 9.94. The number of pyridine rings is 1. The van der Waals surface area contributed by atoms with E-state index in [9.17, 15) is 0 Å². The fraction of sp³-hybridized carbons (Fsp3) is 0.500. The van der Waals surface area contributed by atoms with E-state index in [1.54, 1.807) is 11.3 Å². The van der Waals surface area contributed by atoms with Crippen molar-refractivity contribution in [3.8, 4) is 10.6 Å². The lowest BCUT2D eigenvalue weighted by molar-refractivity contribution is 0.426. The van der Waals surface area contributed by atoms with Crippen molar-refractivity contribution >= 4 is 17.2 Å². The van der Waals surface area contributed by atoms with Crippen molar-refractivity contribution < 1.29 is 0 Å². The molecule has 2 heterocycles. The second kappa shape index (κ2) is 5.92. The second-order valence-corrected chi connectivity index (χ2v) is 6.46. The van der Waals surface area contributed by atoms with Crippen LogP contribution in [0.1, 0.15) is 37.7 Å². The maximum Gasteiger partial charge on any atom is 0.140 e. The molecule has 0 amide bonds. The zero-order valence-electron chi connectivity index (χ0n) is 12.2. The van der Waals surface area contributed by atoms with Crippen molar-refractivity contribution in [1.29, 1.82) is 0 Å². The van der Waals surface area contributed by atoms with Crippen LogP contribution in [0.15, 0.2) is 23.8 Å². The Hall–Kier alpha value is -1.42. The van der Waals surface area contributed by atoms with Crippen LogP contribution in [0.3, 0.4) is 0 Å². The number of thiazole rings is 1. The number of aromatic nitrogens is 2. The second-order valence-electron chi connectivity index (χ2n) is 5.60. The standard InChI is InChI=1S/C16H21N3S/c1-12-8-9-17-10-14(12)16-18-15(11-20-16)19(2)13-6-4-3-5-7-13/h8-11,13H,3-7H2,1-2H3. The van der Waals surface area contributed by atoms with E-state index in [0.29, 0.717) is 6.04 Å². The van der Waals surface area contributed by atoms with Gasteiger partial charge in [-0.05, 0) is 31.4 Å². The molecule has 3 rings (SSSR count). The minimum Gasteiger partial charge on any atom is -0.356 e. The highest BCUT2D eigenvalue weighted by Crippen LogP contribution is 2.31. The highest BCUT2D eigenvalue weighted by molar-refractivity contribution is 7.13. The summed E-state index contributed by atoms with van der Waals surface area (Å²) in [5.41, 5.74) is 2.39. The van der Waals surface area contributed by atoms with Gasteiger partial charge in [0, 0.05) is 36.4 Å². The Bertz CT molecular complexity index is 573. The Balaban J connectivity index is 1.81. The van der Waals surface area contributed by atoms with E-state index in [1.807, 2.05) is 18.5 Å². The van der Waals surface area contributed by atoms with Crippen molar-refractivity contribution in [3.05, 3.63) is 29.4 Å². The molecular formula is C16H21N3S. The van der Waals surface area contributed by atoms with Gasteiger partial charge in [-0.15, -0.1) is 11.3 Å². The molecule has 3 nitrogen and oxygen atoms in total. The summed E-state index contributed by atoms with van der Waals surface area (Å²) in [6, 6.07) is 2.70. The first-order chi connectivity index (χ1) is 9.75. The number of hydrogen-bond donors (Lipinski definition) is 0. The van der Waals surface area contributed by atoms with Crippen LogP contribution in [0, 0.1) is 6.92 Å². The largest absolute Gasteiger partial charge is 0.356 e. The molecule has 1 aliphatic carbocycles. The van der Waals surface area contributed by atoms with E-state index in [-0.39, 0.29) is 0 Å². The molecule has 4 heteroatoms. The van der Waals surface area contributed by atoms with Gasteiger partial charge in [0.05, 0.1) is 0 Å². The van der Waals surface area contributed by atoms with Crippen LogP contribution in [0.2, 0.25) is 0 Å². The Morgan fingerprint density at radius 1 is 1.25 bits per heavy atom. The number of hydrogen-bond acceptors (Lipinski definition) is 4. The molecule has 0 saturated heterocycles. The van der Waals surface area contributed by atoms with Crippen molar-refractivity contribution in [1.82, 2.24) is 9.97 Å². The van der Waals surface area contributed by atoms with Crippen LogP contribution < -0.4 is 4.90 Å². The quantitative estimate of drug-likeness (QED) is 0.843. The van der Waals surface area contributed by atoms with Crippen LogP contribution >= 0.6 is 11.3 Å². The summed E-state index contributed by atoms with van der Waals surface area (Å²) in [6.45, 7) is 2.11. The molecule has 1 saturated carbocycles. The zero-order chi connectivity index (χ0) is 13.9. The van der Waals surface area contributed by atoms with Gasteiger partial charge in [0.25, 0.3) is 0 Å². The number of aryl methyl sites for hydroxylation is 1. The normalized spacial score (nSPS) is 16.3. The first-order valence-corrected chi connectivity index (χ1v) is 8.23. The summed E-state index contributed by atoms with van der Waals surface area (Å²) >= 11 is 1.72. The summed E-state index contributed by atoms with van der Waals surface area (Å²) in [6.07, 6.45) is 10.5. The van der Waals surface area contributed by atoms with Gasteiger partial charge >= 0.3 is 0 Å². The SMILES string of the molecule is Cc1ccncc1-c1nc(N(C)C2CCCCC2)cs1. The minimum atomic E-state index is 0.661. The predicted octanol–water partition coefficient (Wildman–Crippen LogP) is 4.28. The Morgan fingerprint density at radius 2 is 2.05 bits per heavy atom. The summed E-state index contributed by atoms with van der Waals surface area (Å²) in [5.74, 6) is 1.11. The van der Waals surface area contributed by atoms with E-state index in [1.165, 1.54) is 37.7 Å². The smallest absolute Gasteiger partial charge is 0.140 e. The summed E-state index contributed by atoms with van der Waals surface area (Å²) in [4.78, 5) is 11.4. The van der Waals surface area contributed by atoms with Gasteiger partial charge in [-0.25, -0.2) is 4.98 Å². The zero-order valence-corrected chi connectivity index (χ0v) is 13.0. The molecule has 0 aliphatic heterocycles. The molecule has 0 atom stereocenters. The molecule has 1 aliphatic rings. The maximum atomic E-state index is 4.82. The molecular weight excluding hydrogens is 266 g/mol. The third-order valence-electron chi connectivity index (χ3n) is 4.25. The van der Waals surface area contributed by atoms with Gasteiger partial charge in [0.2, 0.25) is 0 Å². The molecule has 20 heavy (non-hydrogen) atoms. The average Bonchev–Trinajstić information content (AvgIpc) is 2.97. The molecule has 0 bridgehead atoms. The summed E-state index contributed by atoms with van der Waals surface area (Å²) in [7, 11) is 2.19. The Morgan fingerprint density at radius 3 is 2.80 bits per heavy atom. The Labute approximate surface area is 124 Å². The van der Waals surface area contributed by atoms with E-state index >= 15 is 0 Å². The third kappa shape index (κ3) is 2.70. The number of nitrogens with zero attached hydrogens (tertiary/aromatic N) is 3. The van der Waals surface area contributed by atoms with Crippen LogP contribution in [-0.2, 0) is 0 Å². The molecule has 0 N–H and O–H groups in total. The van der Waals surface area contributed by atoms with E-state index < -0.39 is 0 Å². The molecule has 2 aromatic heterocycles. The minimum absolute atomic E-state index is 0.661. The van der Waals surface area contributed by atoms with Crippen molar-refractivity contribution in [2.45, 2.75) is 45.1 Å². The molecule has 0 radical (unpaired) electrons. The lowest BCUT2D eigenvalue weighted by Crippen LogP contribution is -2.33. The monoisotopic (exact) mass is 287 g/mol. The first-order valence-electron chi connectivity index (χ1n) is 7.35. The van der Waals surface area contributed by atoms with Gasteiger partial charge in [-0.2, -0.15) is 0 Å². The lowest BCUT2D eigenvalue weighted by Gasteiger charge is -2.31. The molecule has 0 spiro atoms. The predicted molar refractivity (Wildman–Crippen MR) is 85.4 cm³/mol. The van der Waals surface area contributed by atoms with Gasteiger partial charge in [0.15, 0.2) is 0 Å². The Kier molecular flexibility index (Phi) is 4.01. The van der Waals surface area contributed by atoms with Crippen molar-refractivity contribution in [2.75, 3.05) is 11.9 Å². The summed E-state index contributed by atoms with van der Waals surface area (Å²) < 4.78 is 0. The molecule has 0 unspecified atom stereocenters. The van der Waals surface area contributed by atoms with Crippen LogP contribution in [0.4, 0.5) is 5.82 Å². The van der Waals surface area contributed by atoms with Crippen LogP contribution in [-0.4, -0.2) is 23.1 Å². The first kappa shape index (κ1) is 13.6. The van der Waals surface area contributed by atoms with Crippen molar-refractivity contribution in [3.63, 3.8) is 0 Å². The van der Waals surface area contributed by atoms with Crippen molar-refractivity contribution in [2.24, 2.45) is 0 Å². The highest BCUT2D eigenvalue weighted by Gasteiger charge is 2.20. The van der Waals surface area contributed by atoms with Gasteiger partial charge < -0.3 is 4.90 Å². The molecule has 0 aromatic carbocycles. The van der Waals surface area contributed by atoms with Gasteiger partial charge in [-0.1, -0.05) is 19.3 Å². The number of rotatable bonds is 3. The fourth-order valence-electron chi connectivity index (χ4n) is 2.89. The van der Waals surface area contributed by atoms with Crippen LogP contribution in [0.5, 0.6) is 0 Å². The number of anilines is 1. The summed E-state index contributed by atoms with van der Waals surface area (Å²) in [5, 5.41) is 3.25. The third-order valence-corrected chi connectivity index (χ3v) is 5.11. The van der Waals surface area contributed by atoms with E-state index in [0.717, 1.165) is 16.4 Å². The van der Waals surface area contributed by atoms with Crippen LogP contribution in [0.25, 0.3) is 10.6 Å². The maximum absolute atomic E-state index is 4.82. The van der Waals surface area contributed by atoms with Gasteiger partial charge in [-0.3, -0.25) is 4.98 Å². The fourth-order valence-corrected chi connectivity index (χ4v) is 3.82. The van der Waals surface area contributed by atoms with E-state index in [2.05, 4.69) is 29.2 Å². The average molecular weight is 287 g/mol. The topological polar surface area (TPSA) is 29.0 Å². The highest BCUT2D eigenvalue weighted by atomic mass is 32.1. The van der Waals surface area contributed by atoms with E-state index in [4.69, 9.17) is 4.98 Å². The van der Waals surface area contributed by atoms with Gasteiger partial charge in [0.1, 0.15) is 10.8 Å².